The Bertz CT molecular complexity index is 266. The quantitative estimate of drug-likeness (QED) is 0.479. The first-order chi connectivity index (χ1) is 9.57. The van der Waals surface area contributed by atoms with Crippen LogP contribution in [0.4, 0.5) is 0 Å². The summed E-state index contributed by atoms with van der Waals surface area (Å²) in [7, 11) is 0. The molecule has 0 rings (SSSR count). The minimum Gasteiger partial charge on any atom is -0.480 e. The van der Waals surface area contributed by atoms with Gasteiger partial charge in [-0.15, -0.1) is 0 Å². The third-order valence-corrected chi connectivity index (χ3v) is 3.54. The van der Waals surface area contributed by atoms with Gasteiger partial charge >= 0.3 is 5.97 Å². The van der Waals surface area contributed by atoms with Crippen molar-refractivity contribution in [3.8, 4) is 0 Å². The number of carbonyl (C=O) groups excluding carboxylic acids is 1. The third kappa shape index (κ3) is 12.2. The predicted molar refractivity (Wildman–Crippen MR) is 82.0 cm³/mol. The largest absolute Gasteiger partial charge is 0.480 e. The molecular weight excluding hydrogens is 254 g/mol. The lowest BCUT2D eigenvalue weighted by Gasteiger charge is -2.08. The highest BCUT2D eigenvalue weighted by Crippen LogP contribution is 2.10. The van der Waals surface area contributed by atoms with Crippen molar-refractivity contribution in [2.45, 2.75) is 84.1 Å². The first-order valence-corrected chi connectivity index (χ1v) is 8.05. The van der Waals surface area contributed by atoms with E-state index in [2.05, 4.69) is 12.2 Å². The summed E-state index contributed by atoms with van der Waals surface area (Å²) >= 11 is 0. The molecule has 0 aliphatic carbocycles. The van der Waals surface area contributed by atoms with Crippen LogP contribution in [0.2, 0.25) is 0 Å². The molecule has 0 fully saturated rings. The number of aliphatic carboxylic acids is 1. The number of hydrogen-bond donors (Lipinski definition) is 2. The molecule has 0 saturated carbocycles. The molecule has 20 heavy (non-hydrogen) atoms. The van der Waals surface area contributed by atoms with Crippen LogP contribution in [0, 0.1) is 0 Å². The Kier molecular flexibility index (Phi) is 12.5. The first-order valence-electron chi connectivity index (χ1n) is 8.05. The van der Waals surface area contributed by atoms with Crippen molar-refractivity contribution in [2.24, 2.45) is 0 Å². The zero-order chi connectivity index (χ0) is 15.2. The summed E-state index contributed by atoms with van der Waals surface area (Å²) in [5.41, 5.74) is 0. The fourth-order valence-electron chi connectivity index (χ4n) is 2.08. The van der Waals surface area contributed by atoms with Gasteiger partial charge in [-0.1, -0.05) is 58.3 Å². The lowest BCUT2D eigenvalue weighted by Crippen LogP contribution is -2.37. The SMILES string of the molecule is CCCCCCCCCCCC(=O)CN[C@@H](C)C(=O)O. The zero-order valence-electron chi connectivity index (χ0n) is 13.1. The van der Waals surface area contributed by atoms with Crippen molar-refractivity contribution >= 4 is 11.8 Å². The molecule has 0 aliphatic rings. The van der Waals surface area contributed by atoms with Gasteiger partial charge in [0.1, 0.15) is 11.8 Å². The van der Waals surface area contributed by atoms with E-state index >= 15 is 0 Å². The summed E-state index contributed by atoms with van der Waals surface area (Å²) in [5, 5.41) is 11.4. The van der Waals surface area contributed by atoms with Crippen LogP contribution >= 0.6 is 0 Å². The molecule has 2 N–H and O–H groups in total. The number of unbranched alkanes of at least 4 members (excludes halogenated alkanes) is 8. The number of rotatable bonds is 14. The van der Waals surface area contributed by atoms with Crippen molar-refractivity contribution in [3.63, 3.8) is 0 Å². The lowest BCUT2D eigenvalue weighted by molar-refractivity contribution is -0.139. The summed E-state index contributed by atoms with van der Waals surface area (Å²) in [6.45, 7) is 3.95. The number of hydrogen-bond acceptors (Lipinski definition) is 3. The van der Waals surface area contributed by atoms with Gasteiger partial charge < -0.3 is 5.11 Å². The van der Waals surface area contributed by atoms with Gasteiger partial charge in [0.25, 0.3) is 0 Å². The smallest absolute Gasteiger partial charge is 0.320 e. The van der Waals surface area contributed by atoms with E-state index in [1.54, 1.807) is 6.92 Å². The van der Waals surface area contributed by atoms with E-state index in [0.29, 0.717) is 6.42 Å². The molecule has 0 unspecified atom stereocenters. The van der Waals surface area contributed by atoms with Crippen molar-refractivity contribution in [1.82, 2.24) is 5.32 Å². The Morgan fingerprint density at radius 1 is 0.950 bits per heavy atom. The Balaban J connectivity index is 3.29. The molecule has 0 heterocycles. The van der Waals surface area contributed by atoms with Crippen molar-refractivity contribution < 1.29 is 14.7 Å². The Morgan fingerprint density at radius 3 is 1.95 bits per heavy atom. The topological polar surface area (TPSA) is 66.4 Å². The van der Waals surface area contributed by atoms with E-state index in [9.17, 15) is 9.59 Å². The maximum Gasteiger partial charge on any atom is 0.320 e. The van der Waals surface area contributed by atoms with E-state index in [1.165, 1.54) is 44.9 Å². The van der Waals surface area contributed by atoms with Gasteiger partial charge in [0.05, 0.1) is 6.54 Å². The van der Waals surface area contributed by atoms with Gasteiger partial charge in [-0.05, 0) is 13.3 Å². The molecular formula is C16H31NO3. The Morgan fingerprint density at radius 2 is 1.45 bits per heavy atom. The number of carbonyl (C=O) groups is 2. The average molecular weight is 285 g/mol. The zero-order valence-corrected chi connectivity index (χ0v) is 13.1. The highest BCUT2D eigenvalue weighted by molar-refractivity contribution is 5.81. The number of carboxylic acids is 1. The van der Waals surface area contributed by atoms with Gasteiger partial charge in [-0.3, -0.25) is 14.9 Å². The Hall–Kier alpha value is -0.900. The summed E-state index contributed by atoms with van der Waals surface area (Å²) in [6.07, 6.45) is 11.7. The molecule has 0 bridgehead atoms. The van der Waals surface area contributed by atoms with E-state index in [0.717, 1.165) is 12.8 Å². The summed E-state index contributed by atoms with van der Waals surface area (Å²) < 4.78 is 0. The van der Waals surface area contributed by atoms with E-state index in [1.807, 2.05) is 0 Å². The minimum absolute atomic E-state index is 0.112. The molecule has 0 aromatic carbocycles. The minimum atomic E-state index is -0.916. The van der Waals surface area contributed by atoms with Crippen LogP contribution in [-0.4, -0.2) is 29.4 Å². The molecule has 0 radical (unpaired) electrons. The van der Waals surface area contributed by atoms with Crippen molar-refractivity contribution in [2.75, 3.05) is 6.54 Å². The molecule has 118 valence electrons. The van der Waals surface area contributed by atoms with Crippen molar-refractivity contribution in [1.29, 1.82) is 0 Å². The second kappa shape index (κ2) is 13.1. The fraction of sp³-hybridized carbons (Fsp3) is 0.875. The molecule has 0 saturated heterocycles. The normalized spacial score (nSPS) is 12.3. The molecule has 0 aromatic rings. The second-order valence-electron chi connectivity index (χ2n) is 5.56. The molecule has 0 aromatic heterocycles. The molecule has 0 amide bonds. The highest BCUT2D eigenvalue weighted by Gasteiger charge is 2.11. The maximum atomic E-state index is 11.5. The van der Waals surface area contributed by atoms with Crippen LogP contribution in [0.5, 0.6) is 0 Å². The van der Waals surface area contributed by atoms with Crippen LogP contribution in [-0.2, 0) is 9.59 Å². The number of ketones is 1. The monoisotopic (exact) mass is 285 g/mol. The van der Waals surface area contributed by atoms with Gasteiger partial charge in [0.2, 0.25) is 0 Å². The summed E-state index contributed by atoms with van der Waals surface area (Å²) in [4.78, 5) is 22.1. The molecule has 0 aliphatic heterocycles. The Labute approximate surface area is 123 Å². The van der Waals surface area contributed by atoms with Crippen LogP contribution in [0.15, 0.2) is 0 Å². The van der Waals surface area contributed by atoms with Gasteiger partial charge in [0.15, 0.2) is 0 Å². The number of carboxylic acid groups (broad SMARTS) is 1. The maximum absolute atomic E-state index is 11.5. The molecule has 4 nitrogen and oxygen atoms in total. The fourth-order valence-corrected chi connectivity index (χ4v) is 2.08. The molecule has 0 spiro atoms. The van der Waals surface area contributed by atoms with Crippen LogP contribution in [0.1, 0.15) is 78.1 Å². The summed E-state index contributed by atoms with van der Waals surface area (Å²) in [6, 6.07) is -0.651. The van der Waals surface area contributed by atoms with Gasteiger partial charge in [-0.25, -0.2) is 0 Å². The average Bonchev–Trinajstić information content (AvgIpc) is 2.42. The lowest BCUT2D eigenvalue weighted by atomic mass is 10.1. The van der Waals surface area contributed by atoms with Gasteiger partial charge in [0, 0.05) is 6.42 Å². The van der Waals surface area contributed by atoms with E-state index in [4.69, 9.17) is 5.11 Å². The highest BCUT2D eigenvalue weighted by atomic mass is 16.4. The standard InChI is InChI=1S/C16H31NO3/c1-3-4-5-6-7-8-9-10-11-12-15(18)13-17-14(2)16(19)20/h14,17H,3-13H2,1-2H3,(H,19,20)/t14-/m0/s1. The number of Topliss-reactive ketones (excluding diaryl/α,β-unsaturated/α-hetero) is 1. The molecule has 1 atom stereocenters. The van der Waals surface area contributed by atoms with Crippen LogP contribution in [0.3, 0.4) is 0 Å². The third-order valence-electron chi connectivity index (χ3n) is 3.54. The second-order valence-corrected chi connectivity index (χ2v) is 5.56. The van der Waals surface area contributed by atoms with Crippen LogP contribution < -0.4 is 5.32 Å². The van der Waals surface area contributed by atoms with Gasteiger partial charge in [-0.2, -0.15) is 0 Å². The van der Waals surface area contributed by atoms with E-state index in [-0.39, 0.29) is 12.3 Å². The van der Waals surface area contributed by atoms with Crippen LogP contribution in [0.25, 0.3) is 0 Å². The molecule has 4 heteroatoms. The number of nitrogens with one attached hydrogen (secondary N) is 1. The summed E-state index contributed by atoms with van der Waals surface area (Å²) in [5.74, 6) is -0.804. The predicted octanol–water partition coefficient (Wildman–Crippen LogP) is 3.54. The van der Waals surface area contributed by atoms with Crippen molar-refractivity contribution in [3.05, 3.63) is 0 Å². The van der Waals surface area contributed by atoms with E-state index < -0.39 is 12.0 Å². The first kappa shape index (κ1) is 19.1.